The summed E-state index contributed by atoms with van der Waals surface area (Å²) >= 11 is 1.47. The molecule has 0 atom stereocenters. The molecule has 0 aliphatic rings. The third kappa shape index (κ3) is 5.07. The van der Waals surface area contributed by atoms with Crippen molar-refractivity contribution in [3.63, 3.8) is 0 Å². The molecule has 0 radical (unpaired) electrons. The van der Waals surface area contributed by atoms with Crippen molar-refractivity contribution in [3.05, 3.63) is 24.3 Å². The zero-order valence-electron chi connectivity index (χ0n) is 9.44. The quantitative estimate of drug-likeness (QED) is 0.359. The van der Waals surface area contributed by atoms with Crippen LogP contribution in [0.2, 0.25) is 0 Å². The van der Waals surface area contributed by atoms with Crippen molar-refractivity contribution in [2.45, 2.75) is 24.7 Å². The summed E-state index contributed by atoms with van der Waals surface area (Å²) in [6, 6.07) is 7.45. The van der Waals surface area contributed by atoms with Gasteiger partial charge in [0.15, 0.2) is 0 Å². The van der Waals surface area contributed by atoms with Crippen molar-refractivity contribution in [3.8, 4) is 0 Å². The minimum atomic E-state index is -0.157. The van der Waals surface area contributed by atoms with Gasteiger partial charge >= 0.3 is 5.97 Å². The maximum absolute atomic E-state index is 11.3. The van der Waals surface area contributed by atoms with E-state index >= 15 is 0 Å². The van der Waals surface area contributed by atoms with E-state index in [0.29, 0.717) is 12.4 Å². The number of nitrogen functional groups attached to an aromatic ring is 1. The minimum absolute atomic E-state index is 0.157. The lowest BCUT2D eigenvalue weighted by molar-refractivity contribution is -0.140. The van der Waals surface area contributed by atoms with Gasteiger partial charge in [-0.2, -0.15) is 0 Å². The molecule has 0 aliphatic carbocycles. The number of hydrogen-bond donors (Lipinski definition) is 1. The van der Waals surface area contributed by atoms with Gasteiger partial charge < -0.3 is 10.5 Å². The molecule has 1 aromatic rings. The van der Waals surface area contributed by atoms with E-state index in [4.69, 9.17) is 10.5 Å². The summed E-state index contributed by atoms with van der Waals surface area (Å²) in [5.41, 5.74) is 6.29. The second kappa shape index (κ2) is 7.17. The standard InChI is InChI=1S/C12H17NO2S/c1-2-3-8-15-12(14)9-16-11-6-4-10(13)5-7-11/h4-7H,2-3,8-9,13H2,1H3. The van der Waals surface area contributed by atoms with Gasteiger partial charge in [0.25, 0.3) is 0 Å². The molecule has 0 fully saturated rings. The Morgan fingerprint density at radius 1 is 1.38 bits per heavy atom. The van der Waals surface area contributed by atoms with Crippen molar-refractivity contribution in [2.24, 2.45) is 0 Å². The van der Waals surface area contributed by atoms with E-state index in [1.54, 1.807) is 0 Å². The summed E-state index contributed by atoms with van der Waals surface area (Å²) in [7, 11) is 0. The molecule has 0 saturated heterocycles. The van der Waals surface area contributed by atoms with Crippen LogP contribution in [-0.2, 0) is 9.53 Å². The molecule has 4 heteroatoms. The molecular weight excluding hydrogens is 222 g/mol. The average molecular weight is 239 g/mol. The zero-order chi connectivity index (χ0) is 11.8. The maximum Gasteiger partial charge on any atom is 0.316 e. The van der Waals surface area contributed by atoms with Crippen molar-refractivity contribution in [2.75, 3.05) is 18.1 Å². The summed E-state index contributed by atoms with van der Waals surface area (Å²) in [5.74, 6) is 0.198. The van der Waals surface area contributed by atoms with Gasteiger partial charge in [0.2, 0.25) is 0 Å². The fraction of sp³-hybridized carbons (Fsp3) is 0.417. The number of nitrogens with two attached hydrogens (primary N) is 1. The molecule has 0 amide bonds. The maximum atomic E-state index is 11.3. The summed E-state index contributed by atoms with van der Waals surface area (Å²) in [6.45, 7) is 2.59. The van der Waals surface area contributed by atoms with E-state index in [0.717, 1.165) is 23.4 Å². The van der Waals surface area contributed by atoms with Crippen LogP contribution in [0.4, 0.5) is 5.69 Å². The number of carbonyl (C=O) groups excluding carboxylic acids is 1. The number of benzene rings is 1. The Balaban J connectivity index is 2.23. The Kier molecular flexibility index (Phi) is 5.78. The second-order valence-electron chi connectivity index (χ2n) is 3.43. The number of ether oxygens (including phenoxy) is 1. The first kappa shape index (κ1) is 12.9. The average Bonchev–Trinajstić information content (AvgIpc) is 2.29. The van der Waals surface area contributed by atoms with Crippen molar-refractivity contribution < 1.29 is 9.53 Å². The molecular formula is C12H17NO2S. The number of thioether (sulfide) groups is 1. The molecule has 1 aromatic carbocycles. The topological polar surface area (TPSA) is 52.3 Å². The van der Waals surface area contributed by atoms with Crippen LogP contribution in [0.3, 0.4) is 0 Å². The zero-order valence-corrected chi connectivity index (χ0v) is 10.3. The molecule has 0 bridgehead atoms. The Bertz CT molecular complexity index is 324. The van der Waals surface area contributed by atoms with Crippen LogP contribution in [0.25, 0.3) is 0 Å². The highest BCUT2D eigenvalue weighted by Crippen LogP contribution is 2.19. The summed E-state index contributed by atoms with van der Waals surface area (Å²) in [6.07, 6.45) is 1.97. The lowest BCUT2D eigenvalue weighted by Crippen LogP contribution is -2.08. The molecule has 0 saturated carbocycles. The summed E-state index contributed by atoms with van der Waals surface area (Å²) < 4.78 is 5.04. The first-order valence-electron chi connectivity index (χ1n) is 5.36. The minimum Gasteiger partial charge on any atom is -0.465 e. The van der Waals surface area contributed by atoms with E-state index in [1.165, 1.54) is 11.8 Å². The monoisotopic (exact) mass is 239 g/mol. The Hall–Kier alpha value is -1.16. The lowest BCUT2D eigenvalue weighted by atomic mass is 10.3. The van der Waals surface area contributed by atoms with Crippen LogP contribution in [-0.4, -0.2) is 18.3 Å². The molecule has 3 nitrogen and oxygen atoms in total. The van der Waals surface area contributed by atoms with E-state index in [9.17, 15) is 4.79 Å². The molecule has 0 heterocycles. The van der Waals surface area contributed by atoms with Gasteiger partial charge in [-0.05, 0) is 30.7 Å². The van der Waals surface area contributed by atoms with E-state index in [2.05, 4.69) is 6.92 Å². The van der Waals surface area contributed by atoms with Crippen molar-refractivity contribution >= 4 is 23.4 Å². The lowest BCUT2D eigenvalue weighted by Gasteiger charge is -2.03. The molecule has 0 aliphatic heterocycles. The number of unbranched alkanes of at least 4 members (excludes halogenated alkanes) is 1. The van der Waals surface area contributed by atoms with Gasteiger partial charge in [-0.3, -0.25) is 4.79 Å². The Labute approximate surface area is 100 Å². The highest BCUT2D eigenvalue weighted by Gasteiger charge is 2.03. The van der Waals surface area contributed by atoms with Gasteiger partial charge in [-0.1, -0.05) is 13.3 Å². The van der Waals surface area contributed by atoms with Gasteiger partial charge in [0, 0.05) is 10.6 Å². The molecule has 0 unspecified atom stereocenters. The second-order valence-corrected chi connectivity index (χ2v) is 4.48. The van der Waals surface area contributed by atoms with Crippen LogP contribution in [0.15, 0.2) is 29.2 Å². The molecule has 88 valence electrons. The normalized spacial score (nSPS) is 10.1. The van der Waals surface area contributed by atoms with E-state index < -0.39 is 0 Å². The van der Waals surface area contributed by atoms with Crippen LogP contribution >= 0.6 is 11.8 Å². The third-order valence-electron chi connectivity index (χ3n) is 2.00. The van der Waals surface area contributed by atoms with Gasteiger partial charge in [0.1, 0.15) is 0 Å². The largest absolute Gasteiger partial charge is 0.465 e. The van der Waals surface area contributed by atoms with E-state index in [-0.39, 0.29) is 5.97 Å². The predicted octanol–water partition coefficient (Wildman–Crippen LogP) is 2.70. The van der Waals surface area contributed by atoms with Crippen LogP contribution in [0.5, 0.6) is 0 Å². The van der Waals surface area contributed by atoms with Crippen LogP contribution in [0.1, 0.15) is 19.8 Å². The highest BCUT2D eigenvalue weighted by atomic mass is 32.2. The molecule has 1 rings (SSSR count). The number of anilines is 1. The number of rotatable bonds is 6. The summed E-state index contributed by atoms with van der Waals surface area (Å²) in [5, 5.41) is 0. The number of hydrogen-bond acceptors (Lipinski definition) is 4. The Morgan fingerprint density at radius 3 is 2.69 bits per heavy atom. The fourth-order valence-electron chi connectivity index (χ4n) is 1.08. The van der Waals surface area contributed by atoms with E-state index in [1.807, 2.05) is 24.3 Å². The third-order valence-corrected chi connectivity index (χ3v) is 2.98. The first-order valence-corrected chi connectivity index (χ1v) is 6.35. The fourth-order valence-corrected chi connectivity index (χ4v) is 1.77. The molecule has 0 aromatic heterocycles. The van der Waals surface area contributed by atoms with Crippen molar-refractivity contribution in [1.82, 2.24) is 0 Å². The SMILES string of the molecule is CCCCOC(=O)CSc1ccc(N)cc1. The van der Waals surface area contributed by atoms with Gasteiger partial charge in [-0.25, -0.2) is 0 Å². The molecule has 16 heavy (non-hydrogen) atoms. The van der Waals surface area contributed by atoms with Crippen LogP contribution < -0.4 is 5.73 Å². The Morgan fingerprint density at radius 2 is 2.06 bits per heavy atom. The molecule has 0 spiro atoms. The smallest absolute Gasteiger partial charge is 0.316 e. The van der Waals surface area contributed by atoms with Gasteiger partial charge in [-0.15, -0.1) is 11.8 Å². The van der Waals surface area contributed by atoms with Gasteiger partial charge in [0.05, 0.1) is 12.4 Å². The number of esters is 1. The van der Waals surface area contributed by atoms with Crippen LogP contribution in [0, 0.1) is 0 Å². The predicted molar refractivity (Wildman–Crippen MR) is 67.4 cm³/mol. The number of carbonyl (C=O) groups is 1. The summed E-state index contributed by atoms with van der Waals surface area (Å²) in [4.78, 5) is 12.3. The van der Waals surface area contributed by atoms with Crippen molar-refractivity contribution in [1.29, 1.82) is 0 Å². The highest BCUT2D eigenvalue weighted by molar-refractivity contribution is 8.00. The molecule has 2 N–H and O–H groups in total. The first-order chi connectivity index (χ1) is 7.72.